The molecule has 0 aromatic heterocycles. The summed E-state index contributed by atoms with van der Waals surface area (Å²) >= 11 is 0. The number of rotatable bonds is 7. The highest BCUT2D eigenvalue weighted by Gasteiger charge is 2.35. The summed E-state index contributed by atoms with van der Waals surface area (Å²) in [6.45, 7) is 3.72. The van der Waals surface area contributed by atoms with Crippen molar-refractivity contribution in [3.05, 3.63) is 90.0 Å². The van der Waals surface area contributed by atoms with E-state index in [4.69, 9.17) is 4.74 Å². The van der Waals surface area contributed by atoms with Gasteiger partial charge in [0.15, 0.2) is 0 Å². The topological polar surface area (TPSA) is 15.7 Å². The van der Waals surface area contributed by atoms with Gasteiger partial charge in [-0.2, -0.15) is 13.2 Å². The molecule has 1 atom stereocenters. The van der Waals surface area contributed by atoms with Gasteiger partial charge in [-0.3, -0.25) is 0 Å². The molecule has 3 aromatic rings. The van der Waals surface area contributed by atoms with Crippen molar-refractivity contribution in [1.82, 2.24) is 0 Å². The predicted molar refractivity (Wildman–Crippen MR) is 122 cm³/mol. The van der Waals surface area contributed by atoms with Crippen molar-refractivity contribution in [1.29, 1.82) is 0 Å². The summed E-state index contributed by atoms with van der Waals surface area (Å²) < 4.78 is 45.0. The first-order valence-corrected chi connectivity index (χ1v) is 10.9. The number of para-hydroxylation sites is 2. The van der Waals surface area contributed by atoms with Crippen molar-refractivity contribution >= 4 is 11.4 Å². The fraction of sp³-hybridized carbons (Fsp3) is 0.308. The molecule has 0 aliphatic carbocycles. The first-order chi connectivity index (χ1) is 15.4. The summed E-state index contributed by atoms with van der Waals surface area (Å²) in [5.74, 6) is 0.821. The Morgan fingerprint density at radius 2 is 1.62 bits per heavy atom. The molecule has 0 amide bonds. The van der Waals surface area contributed by atoms with Crippen molar-refractivity contribution in [3.8, 4) is 5.75 Å². The van der Waals surface area contributed by atoms with Gasteiger partial charge in [-0.1, -0.05) is 54.6 Å². The molecule has 1 aliphatic rings. The average Bonchev–Trinajstić information content (AvgIpc) is 2.78. The third kappa shape index (κ3) is 5.18. The quantitative estimate of drug-likeness (QED) is 0.411. The molecule has 3 aromatic carbocycles. The van der Waals surface area contributed by atoms with E-state index in [1.54, 1.807) is 0 Å². The lowest BCUT2D eigenvalue weighted by Gasteiger charge is -2.45. The number of halogens is 3. The van der Waals surface area contributed by atoms with Crippen LogP contribution in [0.2, 0.25) is 0 Å². The van der Waals surface area contributed by atoms with E-state index in [1.807, 2.05) is 84.6 Å². The van der Waals surface area contributed by atoms with Crippen molar-refractivity contribution < 1.29 is 17.9 Å². The van der Waals surface area contributed by atoms with Gasteiger partial charge in [0, 0.05) is 19.6 Å². The fourth-order valence-corrected chi connectivity index (χ4v) is 4.30. The van der Waals surface area contributed by atoms with Gasteiger partial charge >= 0.3 is 6.18 Å². The van der Waals surface area contributed by atoms with Crippen molar-refractivity contribution in [2.75, 3.05) is 29.5 Å². The summed E-state index contributed by atoms with van der Waals surface area (Å²) in [5, 5.41) is 0. The normalized spacial score (nSPS) is 16.1. The Labute approximate surface area is 187 Å². The fourth-order valence-electron chi connectivity index (χ4n) is 4.30. The monoisotopic (exact) mass is 440 g/mol. The third-order valence-electron chi connectivity index (χ3n) is 5.70. The maximum absolute atomic E-state index is 13.1. The molecule has 6 heteroatoms. The van der Waals surface area contributed by atoms with Gasteiger partial charge in [-0.15, -0.1) is 0 Å². The average molecular weight is 441 g/mol. The van der Waals surface area contributed by atoms with Gasteiger partial charge in [-0.25, -0.2) is 0 Å². The highest BCUT2D eigenvalue weighted by molar-refractivity contribution is 5.74. The Morgan fingerprint density at radius 3 is 2.34 bits per heavy atom. The molecule has 168 valence electrons. The van der Waals surface area contributed by atoms with Crippen molar-refractivity contribution in [2.45, 2.75) is 32.1 Å². The smallest absolute Gasteiger partial charge is 0.390 e. The molecule has 0 N–H and O–H groups in total. The molecule has 1 aliphatic heterocycles. The maximum atomic E-state index is 13.1. The summed E-state index contributed by atoms with van der Waals surface area (Å²) in [4.78, 5) is 4.16. The number of anilines is 2. The first-order valence-electron chi connectivity index (χ1n) is 10.9. The molecule has 0 saturated heterocycles. The van der Waals surface area contributed by atoms with E-state index in [0.29, 0.717) is 19.7 Å². The van der Waals surface area contributed by atoms with Gasteiger partial charge in [0.25, 0.3) is 0 Å². The Hall–Kier alpha value is -3.15. The number of hydrogen-bond acceptors (Lipinski definition) is 3. The summed E-state index contributed by atoms with van der Waals surface area (Å²) in [7, 11) is 0. The van der Waals surface area contributed by atoms with E-state index in [-0.39, 0.29) is 12.6 Å². The van der Waals surface area contributed by atoms with Crippen LogP contribution in [-0.2, 0) is 6.54 Å². The van der Waals surface area contributed by atoms with Crippen LogP contribution < -0.4 is 14.5 Å². The maximum Gasteiger partial charge on any atom is 0.390 e. The summed E-state index contributed by atoms with van der Waals surface area (Å²) in [5.41, 5.74) is 3.89. The van der Waals surface area contributed by atoms with E-state index in [1.165, 1.54) is 0 Å². The molecule has 3 nitrogen and oxygen atoms in total. The van der Waals surface area contributed by atoms with E-state index in [9.17, 15) is 13.2 Å². The second-order valence-electron chi connectivity index (χ2n) is 7.93. The molecule has 0 fully saturated rings. The van der Waals surface area contributed by atoms with E-state index >= 15 is 0 Å². The first kappa shape index (κ1) is 22.1. The van der Waals surface area contributed by atoms with E-state index < -0.39 is 12.6 Å². The Kier molecular flexibility index (Phi) is 6.58. The van der Waals surface area contributed by atoms with Crippen LogP contribution in [-0.4, -0.2) is 25.9 Å². The predicted octanol–water partition coefficient (Wildman–Crippen LogP) is 6.61. The van der Waals surface area contributed by atoms with Crippen LogP contribution >= 0.6 is 0 Å². The van der Waals surface area contributed by atoms with Gasteiger partial charge in [0.05, 0.1) is 30.4 Å². The van der Waals surface area contributed by atoms with Crippen LogP contribution in [0.15, 0.2) is 78.9 Å². The number of benzene rings is 3. The Balaban J connectivity index is 1.69. The van der Waals surface area contributed by atoms with Crippen molar-refractivity contribution in [3.63, 3.8) is 0 Å². The minimum absolute atomic E-state index is 0.0757. The van der Waals surface area contributed by atoms with Crippen LogP contribution in [0.4, 0.5) is 24.5 Å². The summed E-state index contributed by atoms with van der Waals surface area (Å²) in [6, 6.07) is 25.3. The second-order valence-corrected chi connectivity index (χ2v) is 7.93. The standard InChI is InChI=1S/C26H27F3N2O/c1-2-32-22-12-8-9-20(17-22)18-30-19-25(21-10-4-3-5-11-21)31(16-15-26(27,28)29)24-14-7-6-13-23(24)30/h3-14,17,25H,2,15-16,18-19H2,1H3/t25-/m0/s1. The molecule has 4 rings (SSSR count). The van der Waals surface area contributed by atoms with Crippen LogP contribution in [0.3, 0.4) is 0 Å². The highest BCUT2D eigenvalue weighted by atomic mass is 19.4. The number of alkyl halides is 3. The molecule has 1 heterocycles. The second kappa shape index (κ2) is 9.55. The summed E-state index contributed by atoms with van der Waals surface area (Å²) in [6.07, 6.45) is -5.05. The minimum atomic E-state index is -4.20. The molecule has 0 radical (unpaired) electrons. The van der Waals surface area contributed by atoms with Crippen LogP contribution in [0.5, 0.6) is 5.75 Å². The van der Waals surface area contributed by atoms with Gasteiger partial charge in [0.1, 0.15) is 5.75 Å². The molecule has 0 saturated carbocycles. The highest BCUT2D eigenvalue weighted by Crippen LogP contribution is 2.42. The lowest BCUT2D eigenvalue weighted by atomic mass is 9.98. The molecule has 0 spiro atoms. The third-order valence-corrected chi connectivity index (χ3v) is 5.70. The number of fused-ring (bicyclic) bond motifs is 1. The van der Waals surface area contributed by atoms with Gasteiger partial charge < -0.3 is 14.5 Å². The minimum Gasteiger partial charge on any atom is -0.494 e. The zero-order chi connectivity index (χ0) is 22.6. The largest absolute Gasteiger partial charge is 0.494 e. The lowest BCUT2D eigenvalue weighted by molar-refractivity contribution is -0.132. The zero-order valence-corrected chi connectivity index (χ0v) is 18.1. The molecular formula is C26H27F3N2O. The Bertz CT molecular complexity index is 1020. The van der Waals surface area contributed by atoms with Crippen LogP contribution in [0, 0.1) is 0 Å². The molecule has 0 bridgehead atoms. The van der Waals surface area contributed by atoms with Crippen LogP contribution in [0.1, 0.15) is 30.5 Å². The van der Waals surface area contributed by atoms with Gasteiger partial charge in [-0.05, 0) is 42.3 Å². The van der Waals surface area contributed by atoms with Gasteiger partial charge in [0.2, 0.25) is 0 Å². The number of nitrogens with zero attached hydrogens (tertiary/aromatic N) is 2. The number of ether oxygens (including phenoxy) is 1. The van der Waals surface area contributed by atoms with Crippen LogP contribution in [0.25, 0.3) is 0 Å². The van der Waals surface area contributed by atoms with Crippen molar-refractivity contribution in [2.24, 2.45) is 0 Å². The molecule has 32 heavy (non-hydrogen) atoms. The molecular weight excluding hydrogens is 413 g/mol. The Morgan fingerprint density at radius 1 is 0.906 bits per heavy atom. The lowest BCUT2D eigenvalue weighted by Crippen LogP contribution is -2.44. The number of hydrogen-bond donors (Lipinski definition) is 0. The van der Waals surface area contributed by atoms with E-state index in [2.05, 4.69) is 11.0 Å². The zero-order valence-electron chi connectivity index (χ0n) is 18.1. The molecule has 0 unspecified atom stereocenters. The van der Waals surface area contributed by atoms with E-state index in [0.717, 1.165) is 28.3 Å². The SMILES string of the molecule is CCOc1cccc(CN2C[C@@H](c3ccccc3)N(CCC(F)(F)F)c3ccccc32)c1.